The summed E-state index contributed by atoms with van der Waals surface area (Å²) in [5, 5.41) is 1.92. The Hall–Kier alpha value is 0.452. The highest BCUT2D eigenvalue weighted by molar-refractivity contribution is 6.11. The van der Waals surface area contributed by atoms with Crippen molar-refractivity contribution in [2.75, 3.05) is 13.1 Å². The molecule has 8 heavy (non-hydrogen) atoms. The molecule has 1 heterocycles. The fraction of sp³-hybridized carbons (Fsp3) is 1.00. The fourth-order valence-corrected chi connectivity index (χ4v) is 1.54. The van der Waals surface area contributed by atoms with Crippen LogP contribution in [-0.4, -0.2) is 34.4 Å². The molecule has 46 valence electrons. The van der Waals surface area contributed by atoms with Gasteiger partial charge in [-0.15, -0.1) is 0 Å². The van der Waals surface area contributed by atoms with Crippen LogP contribution in [0.3, 0.4) is 0 Å². The number of hydrogen-bond donors (Lipinski definition) is 1. The quantitative estimate of drug-likeness (QED) is 0.348. The molecule has 0 spiro atoms. The van der Waals surface area contributed by atoms with Crippen molar-refractivity contribution in [1.29, 1.82) is 0 Å². The maximum absolute atomic E-state index is 5.55. The average Bonchev–Trinajstić information content (AvgIpc) is 1.77. The molecule has 1 aliphatic rings. The molecule has 0 aromatic carbocycles. The molecule has 1 fully saturated rings. The zero-order valence-corrected chi connectivity index (χ0v) is 7.43. The molecule has 0 saturated carbocycles. The van der Waals surface area contributed by atoms with E-state index in [1.54, 1.807) is 0 Å². The van der Waals surface area contributed by atoms with E-state index in [4.69, 9.17) is 5.84 Å². The Morgan fingerprint density at radius 1 is 1.38 bits per heavy atom. The summed E-state index contributed by atoms with van der Waals surface area (Å²) in [7, 11) is 0. The van der Waals surface area contributed by atoms with Gasteiger partial charge in [0.1, 0.15) is 0 Å². The van der Waals surface area contributed by atoms with Crippen LogP contribution in [0.25, 0.3) is 0 Å². The van der Waals surface area contributed by atoms with Crippen molar-refractivity contribution in [2.24, 2.45) is 5.84 Å². The highest BCUT2D eigenvalue weighted by Crippen LogP contribution is 2.15. The van der Waals surface area contributed by atoms with Crippen LogP contribution >= 0.6 is 0 Å². The lowest BCUT2D eigenvalue weighted by molar-refractivity contribution is 0.235. The van der Waals surface area contributed by atoms with Gasteiger partial charge in [-0.1, -0.05) is 4.78 Å². The van der Waals surface area contributed by atoms with Gasteiger partial charge in [0.15, 0.2) is 0 Å². The highest BCUT2D eigenvalue weighted by Gasteiger charge is 2.11. The summed E-state index contributed by atoms with van der Waals surface area (Å²) in [6.07, 6.45) is 2.67. The van der Waals surface area contributed by atoms with Gasteiger partial charge in [-0.25, -0.2) is 5.01 Å². The summed E-state index contributed by atoms with van der Waals surface area (Å²) < 4.78 is 1.04. The SMILES string of the molecule is NN1CC[CH]([AlH2])CC1. The summed E-state index contributed by atoms with van der Waals surface area (Å²) in [5.74, 6) is 5.55. The normalized spacial score (nSPS) is 26.1. The highest BCUT2D eigenvalue weighted by atomic mass is 27.0. The molecule has 1 saturated heterocycles. The van der Waals surface area contributed by atoms with Crippen LogP contribution in [0.1, 0.15) is 12.8 Å². The molecule has 0 aromatic heterocycles. The van der Waals surface area contributed by atoms with Crippen molar-refractivity contribution in [2.45, 2.75) is 17.6 Å². The lowest BCUT2D eigenvalue weighted by Crippen LogP contribution is -2.37. The van der Waals surface area contributed by atoms with Crippen molar-refractivity contribution >= 4 is 16.3 Å². The molecule has 2 nitrogen and oxygen atoms in total. The van der Waals surface area contributed by atoms with Gasteiger partial charge in [0, 0.05) is 13.1 Å². The van der Waals surface area contributed by atoms with E-state index >= 15 is 0 Å². The summed E-state index contributed by atoms with van der Waals surface area (Å²) in [4.78, 5) is 0. The van der Waals surface area contributed by atoms with Crippen molar-refractivity contribution in [1.82, 2.24) is 5.01 Å². The van der Waals surface area contributed by atoms with E-state index in [0.29, 0.717) is 0 Å². The fourth-order valence-electron chi connectivity index (χ4n) is 1.03. The molecule has 2 N–H and O–H groups in total. The lowest BCUT2D eigenvalue weighted by atomic mass is 10.1. The van der Waals surface area contributed by atoms with Crippen LogP contribution in [0, 0.1) is 0 Å². The van der Waals surface area contributed by atoms with Crippen LogP contribution in [0.4, 0.5) is 0 Å². The van der Waals surface area contributed by atoms with Crippen LogP contribution in [0.5, 0.6) is 0 Å². The maximum atomic E-state index is 5.55. The van der Waals surface area contributed by atoms with Gasteiger partial charge < -0.3 is 0 Å². The third kappa shape index (κ3) is 1.76. The first kappa shape index (κ1) is 6.57. The monoisotopic (exact) mass is 128 g/mol. The first-order valence-corrected chi connectivity index (χ1v) is 4.44. The van der Waals surface area contributed by atoms with E-state index in [2.05, 4.69) is 0 Å². The van der Waals surface area contributed by atoms with Gasteiger partial charge in [-0.3, -0.25) is 5.84 Å². The third-order valence-corrected chi connectivity index (χ3v) is 2.97. The topological polar surface area (TPSA) is 29.3 Å². The Balaban J connectivity index is 2.19. The number of hydrogen-bond acceptors (Lipinski definition) is 2. The van der Waals surface area contributed by atoms with Crippen LogP contribution < -0.4 is 5.84 Å². The zero-order valence-electron chi connectivity index (χ0n) is 5.43. The Bertz CT molecular complexity index is 58.8. The van der Waals surface area contributed by atoms with Crippen molar-refractivity contribution in [3.05, 3.63) is 0 Å². The van der Waals surface area contributed by atoms with Crippen molar-refractivity contribution in [3.8, 4) is 0 Å². The predicted molar refractivity (Wildman–Crippen MR) is 37.3 cm³/mol. The van der Waals surface area contributed by atoms with E-state index in [0.717, 1.165) is 17.9 Å². The molecule has 0 amide bonds. The first-order valence-electron chi connectivity index (χ1n) is 3.28. The Morgan fingerprint density at radius 2 is 1.88 bits per heavy atom. The van der Waals surface area contributed by atoms with Gasteiger partial charge >= 0.3 is 0 Å². The number of rotatable bonds is 0. The van der Waals surface area contributed by atoms with Gasteiger partial charge in [0.25, 0.3) is 0 Å². The molecule has 0 atom stereocenters. The standard InChI is InChI=1S/C5H11N2.Al.2H/c6-7-4-2-1-3-5-7;;;/h1H,2-6H2;;;. The number of nitrogens with zero attached hydrogens (tertiary/aromatic N) is 1. The second-order valence-corrected chi connectivity index (χ2v) is 4.35. The number of hydrazine groups is 1. The second-order valence-electron chi connectivity index (χ2n) is 2.72. The molecule has 0 aromatic rings. The molecule has 0 radical (unpaired) electrons. The molecule has 3 heteroatoms. The van der Waals surface area contributed by atoms with Crippen LogP contribution in [-0.2, 0) is 0 Å². The zero-order chi connectivity index (χ0) is 5.98. The van der Waals surface area contributed by atoms with Crippen molar-refractivity contribution in [3.63, 3.8) is 0 Å². The Kier molecular flexibility index (Phi) is 2.33. The van der Waals surface area contributed by atoms with Crippen molar-refractivity contribution < 1.29 is 0 Å². The van der Waals surface area contributed by atoms with Gasteiger partial charge in [0.05, 0.1) is 0 Å². The number of piperidine rings is 1. The second kappa shape index (κ2) is 2.84. The Morgan fingerprint density at radius 3 is 2.25 bits per heavy atom. The maximum Gasteiger partial charge on any atom is 0.216 e. The molecule has 1 rings (SSSR count). The minimum atomic E-state index is 1.04. The predicted octanol–water partition coefficient (Wildman–Crippen LogP) is -0.623. The molecular weight excluding hydrogens is 115 g/mol. The smallest absolute Gasteiger partial charge is 0.216 e. The van der Waals surface area contributed by atoms with Gasteiger partial charge in [-0.05, 0) is 12.8 Å². The summed E-state index contributed by atoms with van der Waals surface area (Å²) >= 11 is 1.36. The van der Waals surface area contributed by atoms with E-state index in [9.17, 15) is 0 Å². The summed E-state index contributed by atoms with van der Waals surface area (Å²) in [6, 6.07) is 0. The molecular formula is C5H13AlN2. The Labute approximate surface area is 58.4 Å². The summed E-state index contributed by atoms with van der Waals surface area (Å²) in [6.45, 7) is 2.24. The lowest BCUT2D eigenvalue weighted by Gasteiger charge is -2.25. The first-order chi connectivity index (χ1) is 3.79. The largest absolute Gasteiger partial charge is 0.269 e. The van der Waals surface area contributed by atoms with Gasteiger partial charge in [0.2, 0.25) is 16.3 Å². The minimum absolute atomic E-state index is 1.04. The summed E-state index contributed by atoms with van der Waals surface area (Å²) in [5.41, 5.74) is 0. The molecule has 1 aliphatic heterocycles. The van der Waals surface area contributed by atoms with E-state index in [1.807, 2.05) is 5.01 Å². The molecule has 0 bridgehead atoms. The minimum Gasteiger partial charge on any atom is -0.269 e. The third-order valence-electron chi connectivity index (χ3n) is 1.82. The van der Waals surface area contributed by atoms with Crippen LogP contribution in [0.2, 0.25) is 4.78 Å². The molecule has 0 aliphatic carbocycles. The molecule has 0 unspecified atom stereocenters. The average molecular weight is 128 g/mol. The van der Waals surface area contributed by atoms with Crippen LogP contribution in [0.15, 0.2) is 0 Å². The van der Waals surface area contributed by atoms with E-state index < -0.39 is 0 Å². The van der Waals surface area contributed by atoms with E-state index in [1.165, 1.54) is 29.1 Å². The van der Waals surface area contributed by atoms with E-state index in [-0.39, 0.29) is 0 Å². The van der Waals surface area contributed by atoms with Gasteiger partial charge in [-0.2, -0.15) is 0 Å². The number of nitrogens with two attached hydrogens (primary N) is 1.